The number of carbonyl (C=O) groups is 1. The van der Waals surface area contributed by atoms with Gasteiger partial charge in [0.15, 0.2) is 0 Å². The van der Waals surface area contributed by atoms with Crippen molar-refractivity contribution in [2.75, 3.05) is 54.4 Å². The Morgan fingerprint density at radius 2 is 1.68 bits per heavy atom. The highest BCUT2D eigenvalue weighted by Gasteiger charge is 2.41. The van der Waals surface area contributed by atoms with E-state index in [-0.39, 0.29) is 11.4 Å². The minimum Gasteiger partial charge on any atom is -0.366 e. The largest absolute Gasteiger partial charge is 0.366 e. The van der Waals surface area contributed by atoms with Crippen molar-refractivity contribution >= 4 is 23.2 Å². The Kier molecular flexibility index (Phi) is 7.79. The first-order chi connectivity index (χ1) is 19.8. The number of amides is 1. The number of piperazine rings is 1. The summed E-state index contributed by atoms with van der Waals surface area (Å²) in [5, 5.41) is 6.75. The first-order valence-electron chi connectivity index (χ1n) is 14.9. The molecule has 3 aliphatic heterocycles. The SMILES string of the molecule is CC1(C)CCN(Cc2ccc(N3CC(=O)NC4(CCN(c5cc(NCc6ccccc6)ncn5)CC4)C3)cn2)CC1. The zero-order valence-corrected chi connectivity index (χ0v) is 24.4. The molecule has 6 rings (SSSR count). The molecule has 3 saturated heterocycles. The number of piperidine rings is 2. The van der Waals surface area contributed by atoms with Crippen LogP contribution >= 0.6 is 0 Å². The fourth-order valence-electron chi connectivity index (χ4n) is 6.25. The maximum absolute atomic E-state index is 12.9. The van der Waals surface area contributed by atoms with E-state index >= 15 is 0 Å². The van der Waals surface area contributed by atoms with E-state index in [1.807, 2.05) is 30.5 Å². The molecule has 0 atom stereocenters. The van der Waals surface area contributed by atoms with E-state index in [1.165, 1.54) is 18.4 Å². The highest BCUT2D eigenvalue weighted by Crippen LogP contribution is 2.32. The first kappa shape index (κ1) is 27.4. The molecule has 2 N–H and O–H groups in total. The third-order valence-electron chi connectivity index (χ3n) is 9.02. The van der Waals surface area contributed by atoms with Crippen LogP contribution in [0.3, 0.4) is 0 Å². The number of nitrogens with one attached hydrogen (secondary N) is 2. The normalized spacial score (nSPS) is 20.6. The minimum atomic E-state index is -0.244. The molecule has 0 bridgehead atoms. The van der Waals surface area contributed by atoms with Gasteiger partial charge in [-0.3, -0.25) is 14.7 Å². The Morgan fingerprint density at radius 1 is 0.902 bits per heavy atom. The molecule has 216 valence electrons. The summed E-state index contributed by atoms with van der Waals surface area (Å²) < 4.78 is 0. The monoisotopic (exact) mass is 554 g/mol. The number of benzene rings is 1. The van der Waals surface area contributed by atoms with Gasteiger partial charge < -0.3 is 20.4 Å². The van der Waals surface area contributed by atoms with Crippen LogP contribution in [0.5, 0.6) is 0 Å². The number of aromatic nitrogens is 3. The summed E-state index contributed by atoms with van der Waals surface area (Å²) in [6, 6.07) is 16.6. The van der Waals surface area contributed by atoms with Crippen molar-refractivity contribution in [2.45, 2.75) is 58.2 Å². The standard InChI is InChI=1S/C32H42N8O/c1-31(2)10-14-38(15-11-31)21-26-8-9-27(20-33-26)40-22-30(41)37-32(23-40)12-16-39(17-13-32)29-18-28(35-24-36-29)34-19-25-6-4-3-5-7-25/h3-9,18,20,24H,10-17,19,21-23H2,1-2H3,(H,37,41)(H,34,35,36). The molecule has 3 fully saturated rings. The number of hydrogen-bond acceptors (Lipinski definition) is 8. The van der Waals surface area contributed by atoms with Gasteiger partial charge in [-0.1, -0.05) is 44.2 Å². The number of rotatable bonds is 7. The molecular weight excluding hydrogens is 512 g/mol. The van der Waals surface area contributed by atoms with Crippen LogP contribution in [0.2, 0.25) is 0 Å². The number of hydrogen-bond donors (Lipinski definition) is 2. The van der Waals surface area contributed by atoms with Gasteiger partial charge in [-0.05, 0) is 61.9 Å². The zero-order chi connectivity index (χ0) is 28.3. The molecule has 3 aliphatic rings. The molecule has 3 aromatic rings. The van der Waals surface area contributed by atoms with Crippen LogP contribution in [-0.2, 0) is 17.9 Å². The number of carbonyl (C=O) groups excluding carboxylic acids is 1. The average molecular weight is 555 g/mol. The molecule has 41 heavy (non-hydrogen) atoms. The quantitative estimate of drug-likeness (QED) is 0.452. The van der Waals surface area contributed by atoms with Gasteiger partial charge in [0.1, 0.15) is 18.0 Å². The Bertz CT molecular complexity index is 1310. The van der Waals surface area contributed by atoms with Crippen molar-refractivity contribution in [3.8, 4) is 0 Å². The summed E-state index contributed by atoms with van der Waals surface area (Å²) in [4.78, 5) is 33.6. The van der Waals surface area contributed by atoms with Crippen molar-refractivity contribution in [3.63, 3.8) is 0 Å². The van der Waals surface area contributed by atoms with E-state index in [0.29, 0.717) is 18.5 Å². The van der Waals surface area contributed by atoms with Gasteiger partial charge in [-0.25, -0.2) is 9.97 Å². The lowest BCUT2D eigenvalue weighted by Gasteiger charge is -2.48. The van der Waals surface area contributed by atoms with Crippen LogP contribution in [0.25, 0.3) is 0 Å². The van der Waals surface area contributed by atoms with Crippen molar-refractivity contribution < 1.29 is 4.79 Å². The number of nitrogens with zero attached hydrogens (tertiary/aromatic N) is 6. The summed E-state index contributed by atoms with van der Waals surface area (Å²) in [6.07, 6.45) is 7.77. The van der Waals surface area contributed by atoms with E-state index in [1.54, 1.807) is 6.33 Å². The molecule has 1 aromatic carbocycles. The highest BCUT2D eigenvalue weighted by atomic mass is 16.2. The Balaban J connectivity index is 1.04. The lowest BCUT2D eigenvalue weighted by Crippen LogP contribution is -2.66. The van der Waals surface area contributed by atoms with Gasteiger partial charge in [0.2, 0.25) is 5.91 Å². The van der Waals surface area contributed by atoms with E-state index in [0.717, 1.165) is 75.1 Å². The summed E-state index contributed by atoms with van der Waals surface area (Å²) in [7, 11) is 0. The van der Waals surface area contributed by atoms with Crippen molar-refractivity contribution in [3.05, 3.63) is 72.3 Å². The topological polar surface area (TPSA) is 89.5 Å². The van der Waals surface area contributed by atoms with Crippen LogP contribution in [0.1, 0.15) is 50.8 Å². The van der Waals surface area contributed by atoms with E-state index < -0.39 is 0 Å². The van der Waals surface area contributed by atoms with Crippen molar-refractivity contribution in [2.24, 2.45) is 5.41 Å². The molecule has 0 aliphatic carbocycles. The van der Waals surface area contributed by atoms with E-state index in [2.05, 4.69) is 73.4 Å². The van der Waals surface area contributed by atoms with E-state index in [4.69, 9.17) is 4.98 Å². The smallest absolute Gasteiger partial charge is 0.240 e. The molecule has 9 nitrogen and oxygen atoms in total. The third kappa shape index (κ3) is 6.78. The van der Waals surface area contributed by atoms with Crippen molar-refractivity contribution in [1.29, 1.82) is 0 Å². The fraction of sp³-hybridized carbons (Fsp3) is 0.500. The van der Waals surface area contributed by atoms with E-state index in [9.17, 15) is 4.79 Å². The second kappa shape index (κ2) is 11.6. The molecule has 1 spiro atoms. The maximum atomic E-state index is 12.9. The van der Waals surface area contributed by atoms with Gasteiger partial charge in [-0.2, -0.15) is 0 Å². The average Bonchev–Trinajstić information content (AvgIpc) is 2.98. The van der Waals surface area contributed by atoms with Crippen LogP contribution in [0.4, 0.5) is 17.3 Å². The predicted octanol–water partition coefficient (Wildman–Crippen LogP) is 4.08. The van der Waals surface area contributed by atoms with Crippen LogP contribution in [0, 0.1) is 5.41 Å². The number of likely N-dealkylation sites (tertiary alicyclic amines) is 1. The lowest BCUT2D eigenvalue weighted by atomic mass is 9.83. The Labute approximate surface area is 243 Å². The van der Waals surface area contributed by atoms with Gasteiger partial charge in [0, 0.05) is 38.8 Å². The number of pyridine rings is 1. The summed E-state index contributed by atoms with van der Waals surface area (Å²) >= 11 is 0. The second-order valence-electron chi connectivity index (χ2n) is 12.7. The summed E-state index contributed by atoms with van der Waals surface area (Å²) in [5.41, 5.74) is 3.54. The van der Waals surface area contributed by atoms with Crippen molar-refractivity contribution in [1.82, 2.24) is 25.2 Å². The van der Waals surface area contributed by atoms with Gasteiger partial charge in [0.25, 0.3) is 0 Å². The molecular formula is C32H42N8O. The first-order valence-corrected chi connectivity index (χ1v) is 14.9. The van der Waals surface area contributed by atoms with Crippen LogP contribution in [0.15, 0.2) is 61.1 Å². The molecule has 9 heteroatoms. The molecule has 0 unspecified atom stereocenters. The van der Waals surface area contributed by atoms with Crippen LogP contribution in [-0.4, -0.2) is 70.6 Å². The van der Waals surface area contributed by atoms with Gasteiger partial charge in [-0.15, -0.1) is 0 Å². The molecule has 2 aromatic heterocycles. The lowest BCUT2D eigenvalue weighted by molar-refractivity contribution is -0.123. The molecule has 5 heterocycles. The second-order valence-corrected chi connectivity index (χ2v) is 12.7. The third-order valence-corrected chi connectivity index (χ3v) is 9.02. The summed E-state index contributed by atoms with van der Waals surface area (Å²) in [5.74, 6) is 1.82. The van der Waals surface area contributed by atoms with Crippen LogP contribution < -0.4 is 20.4 Å². The Hall–Kier alpha value is -3.72. The molecule has 1 amide bonds. The number of anilines is 3. The maximum Gasteiger partial charge on any atom is 0.240 e. The molecule has 0 saturated carbocycles. The summed E-state index contributed by atoms with van der Waals surface area (Å²) in [6.45, 7) is 11.4. The van der Waals surface area contributed by atoms with Gasteiger partial charge in [0.05, 0.1) is 29.7 Å². The highest BCUT2D eigenvalue weighted by molar-refractivity contribution is 5.84. The Morgan fingerprint density at radius 3 is 2.41 bits per heavy atom. The predicted molar refractivity (Wildman–Crippen MR) is 163 cm³/mol. The zero-order valence-electron chi connectivity index (χ0n) is 24.4. The minimum absolute atomic E-state index is 0.0825. The molecule has 0 radical (unpaired) electrons. The fourth-order valence-corrected chi connectivity index (χ4v) is 6.25. The van der Waals surface area contributed by atoms with Gasteiger partial charge >= 0.3 is 0 Å².